The molecule has 0 fully saturated rings. The van der Waals surface area contributed by atoms with Crippen molar-refractivity contribution in [3.63, 3.8) is 0 Å². The molecule has 0 bridgehead atoms. The van der Waals surface area contributed by atoms with Gasteiger partial charge in [-0.15, -0.1) is 0 Å². The molecule has 0 saturated carbocycles. The van der Waals surface area contributed by atoms with Crippen LogP contribution in [0.1, 0.15) is 35.0 Å². The fraction of sp³-hybridized carbons (Fsp3) is 0.250. The lowest BCUT2D eigenvalue weighted by molar-refractivity contribution is 0.0660. The molecule has 0 spiro atoms. The number of carboxylic acids is 1. The van der Waals surface area contributed by atoms with Gasteiger partial charge in [-0.05, 0) is 38.1 Å². The number of nitrogens with one attached hydrogen (secondary N) is 1. The van der Waals surface area contributed by atoms with Gasteiger partial charge >= 0.3 is 5.97 Å². The highest BCUT2D eigenvalue weighted by molar-refractivity contribution is 6.03. The molecule has 0 unspecified atom stereocenters. The number of anilines is 1. The molecule has 0 aliphatic heterocycles. The second-order valence-electron chi connectivity index (χ2n) is 4.95. The average molecular weight is 319 g/mol. The minimum Gasteiger partial charge on any atom is -0.497 e. The molecule has 0 aliphatic carbocycles. The van der Waals surface area contributed by atoms with Gasteiger partial charge in [0, 0.05) is 6.07 Å². The Hall–Kier alpha value is -2.96. The van der Waals surface area contributed by atoms with Gasteiger partial charge in [0.25, 0.3) is 5.91 Å². The molecular weight excluding hydrogens is 302 g/mol. The van der Waals surface area contributed by atoms with Crippen molar-refractivity contribution in [2.45, 2.75) is 20.0 Å². The van der Waals surface area contributed by atoms with E-state index in [1.165, 1.54) is 19.2 Å². The number of hydrogen-bond donors (Lipinski definition) is 2. The van der Waals surface area contributed by atoms with Gasteiger partial charge in [-0.2, -0.15) is 0 Å². The van der Waals surface area contributed by atoms with Crippen LogP contribution < -0.4 is 14.8 Å². The van der Waals surface area contributed by atoms with Crippen LogP contribution in [0.5, 0.6) is 11.5 Å². The lowest BCUT2D eigenvalue weighted by atomic mass is 10.2. The molecule has 0 aliphatic rings. The quantitative estimate of drug-likeness (QED) is 0.849. The first-order valence-electron chi connectivity index (χ1n) is 6.90. The van der Waals surface area contributed by atoms with E-state index >= 15 is 0 Å². The van der Waals surface area contributed by atoms with Crippen LogP contribution in [-0.2, 0) is 0 Å². The Labute approximate surface area is 132 Å². The second-order valence-corrected chi connectivity index (χ2v) is 4.95. The lowest BCUT2D eigenvalue weighted by Crippen LogP contribution is -2.14. The van der Waals surface area contributed by atoms with Gasteiger partial charge in [0.05, 0.1) is 18.9 Å². The van der Waals surface area contributed by atoms with Crippen LogP contribution in [0.3, 0.4) is 0 Å². The van der Waals surface area contributed by atoms with E-state index in [-0.39, 0.29) is 17.6 Å². The normalized spacial score (nSPS) is 10.4. The van der Waals surface area contributed by atoms with Crippen molar-refractivity contribution in [3.8, 4) is 11.5 Å². The SMILES string of the molecule is COc1ccc(OC(C)C)c(NC(=O)c2ccc(C(=O)O)o2)c1. The number of carbonyl (C=O) groups is 2. The number of carboxylic acid groups (broad SMARTS) is 1. The summed E-state index contributed by atoms with van der Waals surface area (Å²) in [4.78, 5) is 23.0. The molecular formula is C16H17NO6. The van der Waals surface area contributed by atoms with Crippen LogP contribution >= 0.6 is 0 Å². The molecule has 0 atom stereocenters. The van der Waals surface area contributed by atoms with Crippen molar-refractivity contribution < 1.29 is 28.6 Å². The van der Waals surface area contributed by atoms with Crippen molar-refractivity contribution in [2.75, 3.05) is 12.4 Å². The van der Waals surface area contributed by atoms with E-state index in [4.69, 9.17) is 19.0 Å². The van der Waals surface area contributed by atoms with E-state index in [0.29, 0.717) is 17.2 Å². The van der Waals surface area contributed by atoms with Gasteiger partial charge in [-0.1, -0.05) is 0 Å². The summed E-state index contributed by atoms with van der Waals surface area (Å²) >= 11 is 0. The lowest BCUT2D eigenvalue weighted by Gasteiger charge is -2.15. The van der Waals surface area contributed by atoms with Gasteiger partial charge in [-0.3, -0.25) is 4.79 Å². The van der Waals surface area contributed by atoms with E-state index in [2.05, 4.69) is 5.32 Å². The molecule has 0 saturated heterocycles. The number of carbonyl (C=O) groups excluding carboxylic acids is 1. The first-order chi connectivity index (χ1) is 10.9. The van der Waals surface area contributed by atoms with Crippen LogP contribution in [0.25, 0.3) is 0 Å². The Balaban J connectivity index is 2.25. The summed E-state index contributed by atoms with van der Waals surface area (Å²) < 4.78 is 15.7. The zero-order valence-electron chi connectivity index (χ0n) is 13.0. The van der Waals surface area contributed by atoms with Crippen LogP contribution in [0.2, 0.25) is 0 Å². The summed E-state index contributed by atoms with van der Waals surface area (Å²) in [5.74, 6) is -1.23. The summed E-state index contributed by atoms with van der Waals surface area (Å²) in [7, 11) is 1.51. The Morgan fingerprint density at radius 1 is 1.17 bits per heavy atom. The van der Waals surface area contributed by atoms with Crippen molar-refractivity contribution in [3.05, 3.63) is 41.9 Å². The predicted molar refractivity (Wildman–Crippen MR) is 82.4 cm³/mol. The third kappa shape index (κ3) is 4.03. The first-order valence-corrected chi connectivity index (χ1v) is 6.90. The van der Waals surface area contributed by atoms with Crippen LogP contribution in [0.15, 0.2) is 34.7 Å². The standard InChI is InChI=1S/C16H17NO6/c1-9(2)22-12-5-4-10(21-3)8-11(12)17-15(18)13-6-7-14(23-13)16(19)20/h4-9H,1-3H3,(H,17,18)(H,19,20). The number of rotatable bonds is 6. The fourth-order valence-electron chi connectivity index (χ4n) is 1.85. The fourth-order valence-corrected chi connectivity index (χ4v) is 1.85. The molecule has 2 aromatic rings. The van der Waals surface area contributed by atoms with Crippen LogP contribution in [0, 0.1) is 0 Å². The second kappa shape index (κ2) is 6.87. The van der Waals surface area contributed by atoms with Gasteiger partial charge < -0.3 is 24.3 Å². The van der Waals surface area contributed by atoms with Crippen molar-refractivity contribution >= 4 is 17.6 Å². The molecule has 23 heavy (non-hydrogen) atoms. The van der Waals surface area contributed by atoms with Gasteiger partial charge in [0.2, 0.25) is 5.76 Å². The number of benzene rings is 1. The van der Waals surface area contributed by atoms with Crippen LogP contribution in [-0.4, -0.2) is 30.2 Å². The number of aromatic carboxylic acids is 1. The Bertz CT molecular complexity index is 719. The molecule has 7 heteroatoms. The number of ether oxygens (including phenoxy) is 2. The maximum absolute atomic E-state index is 12.2. The molecule has 122 valence electrons. The molecule has 1 amide bonds. The summed E-state index contributed by atoms with van der Waals surface area (Å²) in [5, 5.41) is 11.4. The number of furan rings is 1. The topological polar surface area (TPSA) is 98.0 Å². The van der Waals surface area contributed by atoms with E-state index in [1.807, 2.05) is 13.8 Å². The highest BCUT2D eigenvalue weighted by Gasteiger charge is 2.17. The average Bonchev–Trinajstić information content (AvgIpc) is 2.98. The molecule has 0 radical (unpaired) electrons. The smallest absolute Gasteiger partial charge is 0.371 e. The van der Waals surface area contributed by atoms with Crippen molar-refractivity contribution in [1.29, 1.82) is 0 Å². The molecule has 1 aromatic carbocycles. The molecule has 2 rings (SSSR count). The number of hydrogen-bond acceptors (Lipinski definition) is 5. The summed E-state index contributed by atoms with van der Waals surface area (Å²) in [6.45, 7) is 3.73. The van der Waals surface area contributed by atoms with E-state index < -0.39 is 11.9 Å². The van der Waals surface area contributed by atoms with Gasteiger partial charge in [-0.25, -0.2) is 4.79 Å². The maximum Gasteiger partial charge on any atom is 0.371 e. The minimum atomic E-state index is -1.24. The summed E-state index contributed by atoms with van der Waals surface area (Å²) in [6.07, 6.45) is -0.0822. The summed E-state index contributed by atoms with van der Waals surface area (Å²) in [5.41, 5.74) is 0.399. The highest BCUT2D eigenvalue weighted by atomic mass is 16.5. The zero-order chi connectivity index (χ0) is 17.0. The van der Waals surface area contributed by atoms with Crippen molar-refractivity contribution in [2.24, 2.45) is 0 Å². The van der Waals surface area contributed by atoms with Crippen LogP contribution in [0.4, 0.5) is 5.69 Å². The summed E-state index contributed by atoms with van der Waals surface area (Å²) in [6, 6.07) is 7.51. The number of amides is 1. The Morgan fingerprint density at radius 3 is 2.43 bits per heavy atom. The monoisotopic (exact) mass is 319 g/mol. The Kier molecular flexibility index (Phi) is 4.90. The van der Waals surface area contributed by atoms with E-state index in [0.717, 1.165) is 0 Å². The predicted octanol–water partition coefficient (Wildman–Crippen LogP) is 3.03. The third-order valence-corrected chi connectivity index (χ3v) is 2.84. The third-order valence-electron chi connectivity index (χ3n) is 2.84. The largest absolute Gasteiger partial charge is 0.497 e. The first kappa shape index (κ1) is 16.4. The van der Waals surface area contributed by atoms with E-state index in [1.54, 1.807) is 18.2 Å². The van der Waals surface area contributed by atoms with E-state index in [9.17, 15) is 9.59 Å². The minimum absolute atomic E-state index is 0.0822. The highest BCUT2D eigenvalue weighted by Crippen LogP contribution is 2.30. The van der Waals surface area contributed by atoms with Gasteiger partial charge in [0.1, 0.15) is 11.5 Å². The zero-order valence-corrected chi connectivity index (χ0v) is 13.0. The Morgan fingerprint density at radius 2 is 1.87 bits per heavy atom. The molecule has 2 N–H and O–H groups in total. The molecule has 1 heterocycles. The van der Waals surface area contributed by atoms with Crippen molar-refractivity contribution in [1.82, 2.24) is 0 Å². The molecule has 7 nitrogen and oxygen atoms in total. The molecule has 1 aromatic heterocycles. The maximum atomic E-state index is 12.2. The number of methoxy groups -OCH3 is 1. The van der Waals surface area contributed by atoms with Gasteiger partial charge in [0.15, 0.2) is 5.76 Å².